The zero-order chi connectivity index (χ0) is 4.00. The van der Waals surface area contributed by atoms with Gasteiger partial charge in [0.2, 0.25) is 0 Å². The first kappa shape index (κ1) is 34.0. The van der Waals surface area contributed by atoms with Crippen molar-refractivity contribution in [3.8, 4) is 0 Å². The second kappa shape index (κ2) is 77.1. The maximum atomic E-state index is 3.00. The van der Waals surface area contributed by atoms with Crippen LogP contribution < -0.4 is 0 Å². The van der Waals surface area contributed by atoms with Crippen LogP contribution in [-0.2, 0) is 0 Å². The van der Waals surface area contributed by atoms with Crippen LogP contribution in [0.3, 0.4) is 0 Å². The Balaban J connectivity index is -0.00000000267. The fourth-order valence-corrected chi connectivity index (χ4v) is 0. The van der Waals surface area contributed by atoms with Gasteiger partial charge in [-0.15, -0.1) is 26.3 Å². The molecule has 0 aromatic rings. The van der Waals surface area contributed by atoms with Gasteiger partial charge in [-0.05, 0) is 0 Å². The van der Waals surface area contributed by atoms with Gasteiger partial charge in [-0.3, -0.25) is 0 Å². The van der Waals surface area contributed by atoms with Gasteiger partial charge in [0.25, 0.3) is 0 Å². The van der Waals surface area contributed by atoms with Crippen molar-refractivity contribution in [1.82, 2.24) is 0 Å². The topological polar surface area (TPSA) is 0 Å². The van der Waals surface area contributed by atoms with E-state index in [2.05, 4.69) is 26.3 Å². The van der Waals surface area contributed by atoms with Crippen molar-refractivity contribution >= 4 is 88.7 Å². The van der Waals surface area contributed by atoms with E-state index in [9.17, 15) is 0 Å². The molecule has 0 fully saturated rings. The first-order valence-corrected chi connectivity index (χ1v) is 1.000. The second-order valence-electron chi connectivity index (χ2n) is 0. The van der Waals surface area contributed by atoms with Gasteiger partial charge in [0.1, 0.15) is 0 Å². The Bertz CT molecular complexity index is 8.90. The average molecular weight is 125 g/mol. The fraction of sp³-hybridized carbons (Fsp3) is 0. The van der Waals surface area contributed by atoms with Gasteiger partial charge >= 0.3 is 0 Å². The summed E-state index contributed by atoms with van der Waals surface area (Å²) in [5.74, 6) is 0. The van der Waals surface area contributed by atoms with Gasteiger partial charge in [0.15, 0.2) is 0 Å². The molecule has 0 saturated carbocycles. The molecule has 0 unspecified atom stereocenters. The zero-order valence-electron chi connectivity index (χ0n) is 5.83. The van der Waals surface area contributed by atoms with Crippen LogP contribution in [0, 0.1) is 0 Å². The van der Waals surface area contributed by atoms with Crippen LogP contribution in [0.25, 0.3) is 0 Å². The molecule has 3 heteroatoms. The minimum absolute atomic E-state index is 0. The van der Waals surface area contributed by atoms with Gasteiger partial charge in [-0.25, -0.2) is 0 Å². The Hall–Kier alpha value is 2.48. The monoisotopic (exact) mass is 125 g/mol. The number of hydrogen-bond acceptors (Lipinski definition) is 0. The van der Waals surface area contributed by atoms with E-state index in [0.29, 0.717) is 0 Å². The van der Waals surface area contributed by atoms with Crippen LogP contribution in [0.4, 0.5) is 0 Å². The van der Waals surface area contributed by atoms with Crippen LogP contribution in [0.15, 0.2) is 26.3 Å². The molecule has 0 rings (SSSR count). The Morgan fingerprint density at radius 2 is 0.429 bits per heavy atom. The smallest absolute Gasteiger partial charge is 0 e. The first-order chi connectivity index (χ1) is 2.00. The van der Waals surface area contributed by atoms with Crippen molar-refractivity contribution in [2.75, 3.05) is 0 Å². The SMILES string of the molecule is C=C.C=C.[Na].[Na].[Na]. The Labute approximate surface area is 113 Å². The van der Waals surface area contributed by atoms with E-state index >= 15 is 0 Å². The molecule has 27 valence electrons. The summed E-state index contributed by atoms with van der Waals surface area (Å²) in [5, 5.41) is 0. The molecule has 0 aromatic heterocycles. The molecule has 0 aromatic carbocycles. The molecule has 0 amide bonds. The number of rotatable bonds is 0. The molecular weight excluding hydrogens is 117 g/mol. The summed E-state index contributed by atoms with van der Waals surface area (Å²) < 4.78 is 0. The molecule has 3 radical (unpaired) electrons. The molecule has 0 N–H and O–H groups in total. The summed E-state index contributed by atoms with van der Waals surface area (Å²) in [5.41, 5.74) is 0. The van der Waals surface area contributed by atoms with Crippen LogP contribution >= 0.6 is 0 Å². The van der Waals surface area contributed by atoms with Crippen LogP contribution in [-0.4, -0.2) is 88.7 Å². The van der Waals surface area contributed by atoms with Crippen LogP contribution in [0.2, 0.25) is 0 Å². The standard InChI is InChI=1S/2C2H4.3Na/c2*1-2;;;/h2*1-2H2;;;. The van der Waals surface area contributed by atoms with E-state index in [4.69, 9.17) is 0 Å². The molecule has 7 heavy (non-hydrogen) atoms. The Morgan fingerprint density at radius 1 is 0.429 bits per heavy atom. The third-order valence-corrected chi connectivity index (χ3v) is 0. The summed E-state index contributed by atoms with van der Waals surface area (Å²) in [6.45, 7) is 12.0. The van der Waals surface area contributed by atoms with Crippen molar-refractivity contribution < 1.29 is 0 Å². The minimum Gasteiger partial charge on any atom is -0.106 e. The molecular formula is C4H8Na3. The van der Waals surface area contributed by atoms with Gasteiger partial charge in [0.05, 0.1) is 0 Å². The van der Waals surface area contributed by atoms with E-state index in [0.717, 1.165) is 0 Å². The van der Waals surface area contributed by atoms with E-state index in [1.807, 2.05) is 0 Å². The van der Waals surface area contributed by atoms with Crippen LogP contribution in [0.1, 0.15) is 0 Å². The predicted octanol–water partition coefficient (Wildman–Crippen LogP) is 0.462. The van der Waals surface area contributed by atoms with E-state index in [1.165, 1.54) is 0 Å². The molecule has 0 nitrogen and oxygen atoms in total. The predicted molar refractivity (Wildman–Crippen MR) is 39.8 cm³/mol. The minimum atomic E-state index is 0. The zero-order valence-corrected chi connectivity index (χ0v) is 11.8. The average Bonchev–Trinajstić information content (AvgIpc) is 1.50. The van der Waals surface area contributed by atoms with Crippen molar-refractivity contribution in [2.24, 2.45) is 0 Å². The normalized spacial score (nSPS) is 1.14. The maximum absolute atomic E-state index is 3.00. The van der Waals surface area contributed by atoms with Crippen molar-refractivity contribution in [1.29, 1.82) is 0 Å². The molecule has 0 aliphatic carbocycles. The summed E-state index contributed by atoms with van der Waals surface area (Å²) in [6, 6.07) is 0. The second-order valence-corrected chi connectivity index (χ2v) is 0. The quantitative estimate of drug-likeness (QED) is 0.326. The fourth-order valence-electron chi connectivity index (χ4n) is 0. The summed E-state index contributed by atoms with van der Waals surface area (Å²) in [6.07, 6.45) is 0. The van der Waals surface area contributed by atoms with E-state index in [-0.39, 0.29) is 88.7 Å². The van der Waals surface area contributed by atoms with Crippen LogP contribution in [0.5, 0.6) is 0 Å². The molecule has 0 aliphatic rings. The molecule has 0 atom stereocenters. The van der Waals surface area contributed by atoms with Gasteiger partial charge in [0, 0.05) is 88.7 Å². The Kier molecular flexibility index (Phi) is 374. The van der Waals surface area contributed by atoms with Gasteiger partial charge < -0.3 is 0 Å². The molecule has 0 heterocycles. The molecule has 0 saturated heterocycles. The number of hydrogen-bond donors (Lipinski definition) is 0. The molecule has 0 spiro atoms. The summed E-state index contributed by atoms with van der Waals surface area (Å²) >= 11 is 0. The van der Waals surface area contributed by atoms with Crippen molar-refractivity contribution in [3.05, 3.63) is 26.3 Å². The molecule has 0 aliphatic heterocycles. The third-order valence-electron chi connectivity index (χ3n) is 0. The first-order valence-electron chi connectivity index (χ1n) is 1.000. The largest absolute Gasteiger partial charge is 0.106 e. The van der Waals surface area contributed by atoms with E-state index < -0.39 is 0 Å². The van der Waals surface area contributed by atoms with Gasteiger partial charge in [-0.2, -0.15) is 0 Å². The Morgan fingerprint density at radius 3 is 0.429 bits per heavy atom. The van der Waals surface area contributed by atoms with Gasteiger partial charge in [-0.1, -0.05) is 0 Å². The summed E-state index contributed by atoms with van der Waals surface area (Å²) in [4.78, 5) is 0. The third kappa shape index (κ3) is 57.9. The van der Waals surface area contributed by atoms with E-state index in [1.54, 1.807) is 0 Å². The van der Waals surface area contributed by atoms with Crippen molar-refractivity contribution in [3.63, 3.8) is 0 Å². The maximum Gasteiger partial charge on any atom is 0 e. The molecule has 0 bridgehead atoms. The summed E-state index contributed by atoms with van der Waals surface area (Å²) in [7, 11) is 0. The van der Waals surface area contributed by atoms with Crippen molar-refractivity contribution in [2.45, 2.75) is 0 Å².